The van der Waals surface area contributed by atoms with Gasteiger partial charge >= 0.3 is 0 Å². The van der Waals surface area contributed by atoms with E-state index in [4.69, 9.17) is 4.98 Å². The number of aromatic nitrogens is 4. The van der Waals surface area contributed by atoms with Gasteiger partial charge in [0.05, 0.1) is 27.6 Å². The van der Waals surface area contributed by atoms with E-state index in [0.717, 1.165) is 34.1 Å². The molecule has 0 saturated carbocycles. The summed E-state index contributed by atoms with van der Waals surface area (Å²) >= 11 is 2.96. The molecular formula is C26H23N7O3S2. The van der Waals surface area contributed by atoms with Crippen molar-refractivity contribution >= 4 is 44.0 Å². The summed E-state index contributed by atoms with van der Waals surface area (Å²) in [5.74, 6) is 0. The van der Waals surface area contributed by atoms with Gasteiger partial charge in [0.25, 0.3) is 5.69 Å². The largest absolute Gasteiger partial charge is 0.368 e. The summed E-state index contributed by atoms with van der Waals surface area (Å²) in [4.78, 5) is 24.1. The van der Waals surface area contributed by atoms with E-state index in [1.807, 2.05) is 49.9 Å². The van der Waals surface area contributed by atoms with Gasteiger partial charge in [0.1, 0.15) is 0 Å². The van der Waals surface area contributed by atoms with Gasteiger partial charge in [-0.1, -0.05) is 30.3 Å². The number of nitrogens with zero attached hydrogens (tertiary/aromatic N) is 6. The van der Waals surface area contributed by atoms with Crippen molar-refractivity contribution in [2.45, 2.75) is 12.8 Å². The molecule has 4 heterocycles. The molecule has 0 radical (unpaired) electrons. The van der Waals surface area contributed by atoms with Gasteiger partial charge in [-0.15, -0.1) is 22.7 Å². The average molecular weight is 546 g/mol. The molecule has 12 heteroatoms. The van der Waals surface area contributed by atoms with E-state index in [1.165, 1.54) is 17.4 Å². The van der Waals surface area contributed by atoms with Crippen LogP contribution in [0.3, 0.4) is 0 Å². The molecular weight excluding hydrogens is 522 g/mol. The van der Waals surface area contributed by atoms with Crippen molar-refractivity contribution in [2.24, 2.45) is 0 Å². The van der Waals surface area contributed by atoms with Crippen LogP contribution in [-0.2, 0) is 6.54 Å². The topological polar surface area (TPSA) is 113 Å². The number of thiazole rings is 2. The van der Waals surface area contributed by atoms with E-state index in [-0.39, 0.29) is 5.69 Å². The quantitative estimate of drug-likeness (QED) is 0.147. The van der Waals surface area contributed by atoms with Crippen LogP contribution in [0.1, 0.15) is 17.6 Å². The number of nitrogens with one attached hydrogen (secondary N) is 1. The highest BCUT2D eigenvalue weighted by molar-refractivity contribution is 7.15. The number of aliphatic hydroxyl groups excluding tert-OH is 1. The Balaban J connectivity index is 1.32. The van der Waals surface area contributed by atoms with Crippen LogP contribution in [-0.4, -0.2) is 47.8 Å². The van der Waals surface area contributed by atoms with Crippen LogP contribution >= 0.6 is 22.7 Å². The molecule has 38 heavy (non-hydrogen) atoms. The predicted octanol–water partition coefficient (Wildman–Crippen LogP) is 5.51. The maximum atomic E-state index is 11.5. The van der Waals surface area contributed by atoms with Crippen molar-refractivity contribution in [1.82, 2.24) is 23.7 Å². The highest BCUT2D eigenvalue weighted by Gasteiger charge is 2.21. The molecule has 0 amide bonds. The molecule has 0 fully saturated rings. The number of hydrogen-bond acceptors (Lipinski definition) is 9. The third kappa shape index (κ3) is 4.33. The molecule has 1 atom stereocenters. The molecule has 0 bridgehead atoms. The van der Waals surface area contributed by atoms with E-state index >= 15 is 0 Å². The van der Waals surface area contributed by atoms with Crippen molar-refractivity contribution in [1.29, 1.82) is 0 Å². The molecule has 0 aliphatic carbocycles. The number of aliphatic hydroxyl groups is 1. The van der Waals surface area contributed by atoms with E-state index < -0.39 is 11.2 Å². The smallest absolute Gasteiger partial charge is 0.278 e. The van der Waals surface area contributed by atoms with Gasteiger partial charge in [0, 0.05) is 52.7 Å². The van der Waals surface area contributed by atoms with Gasteiger partial charge in [0.15, 0.2) is 16.1 Å². The van der Waals surface area contributed by atoms with Crippen molar-refractivity contribution in [2.75, 3.05) is 19.4 Å². The number of imidazole rings is 2. The number of rotatable bonds is 8. The third-order valence-electron chi connectivity index (χ3n) is 6.15. The second kappa shape index (κ2) is 9.65. The molecule has 0 aliphatic heterocycles. The zero-order valence-corrected chi connectivity index (χ0v) is 22.1. The number of para-hydroxylation sites is 2. The van der Waals surface area contributed by atoms with Gasteiger partial charge < -0.3 is 15.3 Å². The van der Waals surface area contributed by atoms with E-state index in [9.17, 15) is 15.2 Å². The summed E-state index contributed by atoms with van der Waals surface area (Å²) in [6.07, 6.45) is 2.69. The minimum Gasteiger partial charge on any atom is -0.368 e. The van der Waals surface area contributed by atoms with Crippen LogP contribution < -0.4 is 5.32 Å². The number of nitro groups is 1. The maximum absolute atomic E-state index is 11.5. The standard InChI is InChI=1S/C26H23N7O3S2/c1-30(2)11-16-14-37-25-28-20(12-31(16)25)17-7-3-5-9-19(17)27-24(34)23-15-38-26-29-21(13-32(23)26)18-8-4-6-10-22(18)33(35)36/h3-10,12-15,24,27,34H,11H2,1-2H3. The summed E-state index contributed by atoms with van der Waals surface area (Å²) in [6.45, 7) is 0.807. The first kappa shape index (κ1) is 24.2. The van der Waals surface area contributed by atoms with Crippen molar-refractivity contribution < 1.29 is 10.0 Å². The van der Waals surface area contributed by atoms with Gasteiger partial charge in [-0.25, -0.2) is 9.97 Å². The fraction of sp³-hybridized carbons (Fsp3) is 0.154. The monoisotopic (exact) mass is 545 g/mol. The van der Waals surface area contributed by atoms with Crippen LogP contribution in [0.15, 0.2) is 71.7 Å². The van der Waals surface area contributed by atoms with E-state index in [2.05, 4.69) is 25.0 Å². The lowest BCUT2D eigenvalue weighted by molar-refractivity contribution is -0.384. The Kier molecular flexibility index (Phi) is 6.16. The Morgan fingerprint density at radius 1 is 0.974 bits per heavy atom. The second-order valence-electron chi connectivity index (χ2n) is 9.05. The first-order valence-electron chi connectivity index (χ1n) is 11.7. The number of hydrogen-bond donors (Lipinski definition) is 2. The summed E-state index contributed by atoms with van der Waals surface area (Å²) in [5.41, 5.74) is 5.05. The molecule has 4 aromatic heterocycles. The molecule has 6 rings (SSSR count). The SMILES string of the molecule is CN(C)Cc1csc2nc(-c3ccccc3NC(O)c3csc4nc(-c5ccccc5[N+](=O)[O-])cn34)cn12. The summed E-state index contributed by atoms with van der Waals surface area (Å²) in [6, 6.07) is 14.2. The second-order valence-corrected chi connectivity index (χ2v) is 10.7. The highest BCUT2D eigenvalue weighted by Crippen LogP contribution is 2.34. The van der Waals surface area contributed by atoms with Crippen molar-refractivity contribution in [3.63, 3.8) is 0 Å². The average Bonchev–Trinajstić information content (AvgIpc) is 3.66. The van der Waals surface area contributed by atoms with Gasteiger partial charge in [-0.05, 0) is 26.2 Å². The summed E-state index contributed by atoms with van der Waals surface area (Å²) in [5, 5.41) is 29.9. The van der Waals surface area contributed by atoms with E-state index in [0.29, 0.717) is 21.9 Å². The number of fused-ring (bicyclic) bond motifs is 2. The zero-order valence-electron chi connectivity index (χ0n) is 20.5. The molecule has 2 N–H and O–H groups in total. The maximum Gasteiger partial charge on any atom is 0.278 e. The molecule has 0 aliphatic rings. The highest BCUT2D eigenvalue weighted by atomic mass is 32.1. The summed E-state index contributed by atoms with van der Waals surface area (Å²) < 4.78 is 3.86. The predicted molar refractivity (Wildman–Crippen MR) is 150 cm³/mol. The minimum absolute atomic E-state index is 0.0129. The normalized spacial score (nSPS) is 12.5. The Labute approximate surface area is 225 Å². The Bertz CT molecular complexity index is 1780. The Hall–Kier alpha value is -4.10. The van der Waals surface area contributed by atoms with Gasteiger partial charge in [-0.2, -0.15) is 0 Å². The number of anilines is 1. The molecule has 6 aromatic rings. The van der Waals surface area contributed by atoms with Crippen LogP contribution in [0.4, 0.5) is 11.4 Å². The van der Waals surface area contributed by atoms with Crippen LogP contribution in [0.25, 0.3) is 32.4 Å². The first-order chi connectivity index (χ1) is 18.4. The van der Waals surface area contributed by atoms with Crippen molar-refractivity contribution in [3.05, 3.63) is 93.2 Å². The van der Waals surface area contributed by atoms with Crippen molar-refractivity contribution in [3.8, 4) is 22.5 Å². The molecule has 10 nitrogen and oxygen atoms in total. The lowest BCUT2D eigenvalue weighted by Gasteiger charge is -2.16. The first-order valence-corrected chi connectivity index (χ1v) is 13.5. The van der Waals surface area contributed by atoms with Crippen LogP contribution in [0.2, 0.25) is 0 Å². The molecule has 1 unspecified atom stereocenters. The fourth-order valence-corrected chi connectivity index (χ4v) is 6.18. The van der Waals surface area contributed by atoms with Crippen LogP contribution in [0.5, 0.6) is 0 Å². The van der Waals surface area contributed by atoms with Gasteiger partial charge in [0.2, 0.25) is 0 Å². The molecule has 2 aromatic carbocycles. The number of benzene rings is 2. The molecule has 192 valence electrons. The fourth-order valence-electron chi connectivity index (χ4n) is 4.43. The lowest BCUT2D eigenvalue weighted by atomic mass is 10.1. The van der Waals surface area contributed by atoms with Gasteiger partial charge in [-0.3, -0.25) is 18.9 Å². The molecule has 0 spiro atoms. The summed E-state index contributed by atoms with van der Waals surface area (Å²) in [7, 11) is 4.07. The Morgan fingerprint density at radius 2 is 1.61 bits per heavy atom. The number of nitro benzene ring substituents is 1. The zero-order chi connectivity index (χ0) is 26.4. The van der Waals surface area contributed by atoms with Crippen LogP contribution in [0, 0.1) is 10.1 Å². The lowest BCUT2D eigenvalue weighted by Crippen LogP contribution is -2.12. The van der Waals surface area contributed by atoms with E-state index in [1.54, 1.807) is 40.1 Å². The Morgan fingerprint density at radius 3 is 2.37 bits per heavy atom. The minimum atomic E-state index is -1.05. The third-order valence-corrected chi connectivity index (χ3v) is 7.90. The molecule has 0 saturated heterocycles.